The molecule has 0 spiro atoms. The number of ether oxygens (including phenoxy) is 1. The van der Waals surface area contributed by atoms with Gasteiger partial charge in [-0.1, -0.05) is 0 Å². The molecule has 0 aromatic carbocycles. The summed E-state index contributed by atoms with van der Waals surface area (Å²) in [5, 5.41) is 35.3. The SMILES string of the molecule is OCC(O)[C@@H]1C[C@H](O)[C@@H](O)O1. The molecule has 0 amide bonds. The van der Waals surface area contributed by atoms with Crippen LogP contribution in [0.3, 0.4) is 0 Å². The highest BCUT2D eigenvalue weighted by Gasteiger charge is 2.36. The summed E-state index contributed by atoms with van der Waals surface area (Å²) in [6.45, 7) is -0.426. The molecule has 11 heavy (non-hydrogen) atoms. The molecule has 5 heteroatoms. The van der Waals surface area contributed by atoms with Gasteiger partial charge in [-0.3, -0.25) is 0 Å². The van der Waals surface area contributed by atoms with Crippen molar-refractivity contribution in [2.45, 2.75) is 31.0 Å². The Bertz CT molecular complexity index is 118. The Morgan fingerprint density at radius 3 is 2.45 bits per heavy atom. The summed E-state index contributed by atoms with van der Waals surface area (Å²) in [7, 11) is 0. The van der Waals surface area contributed by atoms with Gasteiger partial charge < -0.3 is 25.2 Å². The first-order chi connectivity index (χ1) is 5.15. The van der Waals surface area contributed by atoms with E-state index in [-0.39, 0.29) is 6.42 Å². The molecule has 4 atom stereocenters. The monoisotopic (exact) mass is 164 g/mol. The van der Waals surface area contributed by atoms with Crippen molar-refractivity contribution in [2.24, 2.45) is 0 Å². The summed E-state index contributed by atoms with van der Waals surface area (Å²) in [5.74, 6) is 0. The van der Waals surface area contributed by atoms with Gasteiger partial charge in [-0.15, -0.1) is 0 Å². The molecule has 1 aliphatic rings. The zero-order chi connectivity index (χ0) is 8.43. The third kappa shape index (κ3) is 1.88. The van der Waals surface area contributed by atoms with Crippen LogP contribution in [-0.2, 0) is 4.74 Å². The fourth-order valence-electron chi connectivity index (χ4n) is 1.05. The maximum atomic E-state index is 9.00. The van der Waals surface area contributed by atoms with E-state index in [1.54, 1.807) is 0 Å². The first kappa shape index (κ1) is 8.89. The van der Waals surface area contributed by atoms with Crippen LogP contribution in [-0.4, -0.2) is 51.6 Å². The van der Waals surface area contributed by atoms with E-state index in [0.717, 1.165) is 0 Å². The zero-order valence-electron chi connectivity index (χ0n) is 5.92. The lowest BCUT2D eigenvalue weighted by Gasteiger charge is -2.14. The van der Waals surface area contributed by atoms with Crippen molar-refractivity contribution < 1.29 is 25.2 Å². The smallest absolute Gasteiger partial charge is 0.181 e. The predicted molar refractivity (Wildman–Crippen MR) is 34.6 cm³/mol. The van der Waals surface area contributed by atoms with E-state index < -0.39 is 31.2 Å². The summed E-state index contributed by atoms with van der Waals surface area (Å²) in [5.41, 5.74) is 0. The van der Waals surface area contributed by atoms with Gasteiger partial charge in [0.1, 0.15) is 12.2 Å². The van der Waals surface area contributed by atoms with Crippen molar-refractivity contribution in [3.63, 3.8) is 0 Å². The Morgan fingerprint density at radius 2 is 2.09 bits per heavy atom. The molecule has 0 saturated carbocycles. The van der Waals surface area contributed by atoms with Crippen LogP contribution in [0.1, 0.15) is 6.42 Å². The maximum absolute atomic E-state index is 9.00. The molecular formula is C6H12O5. The van der Waals surface area contributed by atoms with Gasteiger partial charge in [0.15, 0.2) is 6.29 Å². The molecule has 0 aliphatic carbocycles. The largest absolute Gasteiger partial charge is 0.394 e. The molecule has 0 aromatic heterocycles. The van der Waals surface area contributed by atoms with Crippen LogP contribution >= 0.6 is 0 Å². The first-order valence-corrected chi connectivity index (χ1v) is 3.45. The highest BCUT2D eigenvalue weighted by Crippen LogP contribution is 2.20. The Hall–Kier alpha value is -0.200. The molecule has 1 aliphatic heterocycles. The molecule has 4 N–H and O–H groups in total. The number of hydrogen-bond acceptors (Lipinski definition) is 5. The number of hydrogen-bond donors (Lipinski definition) is 4. The van der Waals surface area contributed by atoms with Crippen molar-refractivity contribution in [3.05, 3.63) is 0 Å². The third-order valence-corrected chi connectivity index (χ3v) is 1.73. The third-order valence-electron chi connectivity index (χ3n) is 1.73. The normalized spacial score (nSPS) is 40.9. The highest BCUT2D eigenvalue weighted by molar-refractivity contribution is 4.80. The minimum atomic E-state index is -1.24. The molecule has 1 rings (SSSR count). The minimum absolute atomic E-state index is 0.156. The standard InChI is InChI=1S/C6H12O5/c7-2-4(9)5-1-3(8)6(10)11-5/h3-10H,1-2H2/t3-,4?,5-,6-/m0/s1. The van der Waals surface area contributed by atoms with E-state index >= 15 is 0 Å². The van der Waals surface area contributed by atoms with Crippen molar-refractivity contribution >= 4 is 0 Å². The lowest BCUT2D eigenvalue weighted by atomic mass is 10.1. The van der Waals surface area contributed by atoms with Gasteiger partial charge >= 0.3 is 0 Å². The summed E-state index contributed by atoms with van der Waals surface area (Å²) < 4.78 is 4.72. The van der Waals surface area contributed by atoms with Gasteiger partial charge in [-0.05, 0) is 0 Å². The Morgan fingerprint density at radius 1 is 1.45 bits per heavy atom. The number of aliphatic hydroxyl groups is 4. The van der Waals surface area contributed by atoms with Gasteiger partial charge in [0.05, 0.1) is 12.7 Å². The lowest BCUT2D eigenvalue weighted by Crippen LogP contribution is -2.29. The van der Waals surface area contributed by atoms with E-state index in [0.29, 0.717) is 0 Å². The van der Waals surface area contributed by atoms with E-state index in [4.69, 9.17) is 25.2 Å². The molecule has 1 fully saturated rings. The van der Waals surface area contributed by atoms with Gasteiger partial charge in [-0.2, -0.15) is 0 Å². The predicted octanol–water partition coefficient (Wildman–Crippen LogP) is -2.19. The van der Waals surface area contributed by atoms with Gasteiger partial charge in [0.2, 0.25) is 0 Å². The summed E-state index contributed by atoms with van der Waals surface area (Å²) >= 11 is 0. The second kappa shape index (κ2) is 3.46. The first-order valence-electron chi connectivity index (χ1n) is 3.45. The molecule has 5 nitrogen and oxygen atoms in total. The molecular weight excluding hydrogens is 152 g/mol. The second-order valence-corrected chi connectivity index (χ2v) is 2.62. The van der Waals surface area contributed by atoms with Gasteiger partial charge in [0, 0.05) is 6.42 Å². The zero-order valence-corrected chi connectivity index (χ0v) is 5.92. The van der Waals surface area contributed by atoms with Crippen LogP contribution in [0.2, 0.25) is 0 Å². The van der Waals surface area contributed by atoms with Gasteiger partial charge in [-0.25, -0.2) is 0 Å². The lowest BCUT2D eigenvalue weighted by molar-refractivity contribution is -0.149. The molecule has 1 saturated heterocycles. The summed E-state index contributed by atoms with van der Waals surface area (Å²) in [6.07, 6.45) is -3.72. The fraction of sp³-hybridized carbons (Fsp3) is 1.00. The highest BCUT2D eigenvalue weighted by atomic mass is 16.6. The molecule has 0 radical (unpaired) electrons. The molecule has 1 heterocycles. The van der Waals surface area contributed by atoms with E-state index in [9.17, 15) is 0 Å². The average molecular weight is 164 g/mol. The van der Waals surface area contributed by atoms with Crippen molar-refractivity contribution in [1.82, 2.24) is 0 Å². The van der Waals surface area contributed by atoms with E-state index in [1.807, 2.05) is 0 Å². The average Bonchev–Trinajstić information content (AvgIpc) is 2.31. The maximum Gasteiger partial charge on any atom is 0.181 e. The molecule has 0 aromatic rings. The Balaban J connectivity index is 2.40. The van der Waals surface area contributed by atoms with Crippen molar-refractivity contribution in [2.75, 3.05) is 6.61 Å². The fourth-order valence-corrected chi connectivity index (χ4v) is 1.05. The molecule has 66 valence electrons. The van der Waals surface area contributed by atoms with E-state index in [1.165, 1.54) is 0 Å². The second-order valence-electron chi connectivity index (χ2n) is 2.62. The van der Waals surface area contributed by atoms with Crippen LogP contribution in [0, 0.1) is 0 Å². The number of rotatable bonds is 2. The minimum Gasteiger partial charge on any atom is -0.394 e. The Labute approximate surface area is 63.8 Å². The van der Waals surface area contributed by atoms with Crippen molar-refractivity contribution in [3.8, 4) is 0 Å². The van der Waals surface area contributed by atoms with Crippen LogP contribution in [0.15, 0.2) is 0 Å². The van der Waals surface area contributed by atoms with Crippen LogP contribution in [0.25, 0.3) is 0 Å². The molecule has 0 bridgehead atoms. The topological polar surface area (TPSA) is 90.2 Å². The Kier molecular flexibility index (Phi) is 2.80. The van der Waals surface area contributed by atoms with Crippen LogP contribution < -0.4 is 0 Å². The quantitative estimate of drug-likeness (QED) is 0.372. The summed E-state index contributed by atoms with van der Waals surface area (Å²) in [6, 6.07) is 0. The van der Waals surface area contributed by atoms with Crippen LogP contribution in [0.4, 0.5) is 0 Å². The van der Waals surface area contributed by atoms with Crippen molar-refractivity contribution in [1.29, 1.82) is 0 Å². The van der Waals surface area contributed by atoms with E-state index in [2.05, 4.69) is 0 Å². The van der Waals surface area contributed by atoms with Crippen LogP contribution in [0.5, 0.6) is 0 Å². The summed E-state index contributed by atoms with van der Waals surface area (Å²) in [4.78, 5) is 0. The number of aliphatic hydroxyl groups excluding tert-OH is 4. The van der Waals surface area contributed by atoms with Gasteiger partial charge in [0.25, 0.3) is 0 Å². The molecule has 1 unspecified atom stereocenters.